The third kappa shape index (κ3) is 6.21. The van der Waals surface area contributed by atoms with Crippen LogP contribution >= 0.6 is 0 Å². The predicted octanol–water partition coefficient (Wildman–Crippen LogP) is 1.62. The first-order chi connectivity index (χ1) is 12.8. The maximum atomic E-state index is 13.2. The average Bonchev–Trinajstić information content (AvgIpc) is 2.86. The van der Waals surface area contributed by atoms with Gasteiger partial charge in [-0.2, -0.15) is 13.2 Å². The molecule has 2 amide bonds. The molecule has 2 rings (SSSR count). The van der Waals surface area contributed by atoms with E-state index in [1.807, 2.05) is 4.90 Å². The minimum Gasteiger partial charge on any atom is -0.383 e. The Balaban J connectivity index is 1.96. The number of amides is 2. The minimum atomic E-state index is -4.58. The molecular formula is C18H24F3N3O3. The van der Waals surface area contributed by atoms with Crippen LogP contribution in [0.15, 0.2) is 24.3 Å². The smallest absolute Gasteiger partial charge is 0.383 e. The number of ether oxygens (including phenoxy) is 1. The van der Waals surface area contributed by atoms with Crippen LogP contribution in [0.4, 0.5) is 13.2 Å². The number of alkyl halides is 3. The van der Waals surface area contributed by atoms with Crippen molar-refractivity contribution in [1.29, 1.82) is 0 Å². The SMILES string of the molecule is COCCNC(=O)CN1CCCN(C(=O)c2ccccc2C(F)(F)F)CC1. The molecule has 1 N–H and O–H groups in total. The Bertz CT molecular complexity index is 652. The van der Waals surface area contributed by atoms with Gasteiger partial charge in [0.05, 0.1) is 24.3 Å². The second kappa shape index (κ2) is 9.70. The summed E-state index contributed by atoms with van der Waals surface area (Å²) in [5, 5.41) is 2.72. The number of halogens is 3. The molecule has 1 fully saturated rings. The fraction of sp³-hybridized carbons (Fsp3) is 0.556. The van der Waals surface area contributed by atoms with Crippen LogP contribution in [-0.2, 0) is 15.7 Å². The van der Waals surface area contributed by atoms with Gasteiger partial charge < -0.3 is 15.0 Å². The molecule has 1 aromatic carbocycles. The van der Waals surface area contributed by atoms with E-state index in [1.54, 1.807) is 7.11 Å². The second-order valence-electron chi connectivity index (χ2n) is 6.31. The van der Waals surface area contributed by atoms with Crippen molar-refractivity contribution in [1.82, 2.24) is 15.1 Å². The molecule has 150 valence electrons. The van der Waals surface area contributed by atoms with Gasteiger partial charge in [-0.15, -0.1) is 0 Å². The summed E-state index contributed by atoms with van der Waals surface area (Å²) in [6.45, 7) is 2.68. The molecule has 0 atom stereocenters. The largest absolute Gasteiger partial charge is 0.417 e. The number of carbonyl (C=O) groups is 2. The van der Waals surface area contributed by atoms with Crippen molar-refractivity contribution in [3.05, 3.63) is 35.4 Å². The average molecular weight is 387 g/mol. The predicted molar refractivity (Wildman–Crippen MR) is 93.3 cm³/mol. The van der Waals surface area contributed by atoms with Crippen LogP contribution in [0.1, 0.15) is 22.3 Å². The highest BCUT2D eigenvalue weighted by molar-refractivity contribution is 5.96. The lowest BCUT2D eigenvalue weighted by Crippen LogP contribution is -2.41. The standard InChI is InChI=1S/C18H24F3N3O3/c1-27-12-7-22-16(25)13-23-8-4-9-24(11-10-23)17(26)14-5-2-3-6-15(14)18(19,20)21/h2-3,5-6H,4,7-13H2,1H3,(H,22,25). The lowest BCUT2D eigenvalue weighted by Gasteiger charge is -2.23. The van der Waals surface area contributed by atoms with Gasteiger partial charge in [0, 0.05) is 39.8 Å². The van der Waals surface area contributed by atoms with E-state index in [4.69, 9.17) is 4.74 Å². The quantitative estimate of drug-likeness (QED) is 0.754. The fourth-order valence-electron chi connectivity index (χ4n) is 2.97. The van der Waals surface area contributed by atoms with Gasteiger partial charge in [0.25, 0.3) is 5.91 Å². The lowest BCUT2D eigenvalue weighted by atomic mass is 10.1. The molecule has 0 aliphatic carbocycles. The molecule has 9 heteroatoms. The van der Waals surface area contributed by atoms with Crippen molar-refractivity contribution in [3.63, 3.8) is 0 Å². The van der Waals surface area contributed by atoms with E-state index >= 15 is 0 Å². The molecule has 0 spiro atoms. The molecule has 0 unspecified atom stereocenters. The van der Waals surface area contributed by atoms with Crippen LogP contribution < -0.4 is 5.32 Å². The van der Waals surface area contributed by atoms with Gasteiger partial charge in [0.1, 0.15) is 0 Å². The van der Waals surface area contributed by atoms with Crippen LogP contribution in [-0.4, -0.2) is 74.6 Å². The molecule has 1 aromatic rings. The van der Waals surface area contributed by atoms with Gasteiger partial charge in [-0.05, 0) is 18.6 Å². The third-order valence-electron chi connectivity index (χ3n) is 4.33. The summed E-state index contributed by atoms with van der Waals surface area (Å²) in [5.74, 6) is -0.774. The van der Waals surface area contributed by atoms with E-state index < -0.39 is 17.6 Å². The normalized spacial score (nSPS) is 16.1. The maximum Gasteiger partial charge on any atom is 0.417 e. The van der Waals surface area contributed by atoms with Gasteiger partial charge >= 0.3 is 6.18 Å². The molecule has 1 aliphatic rings. The lowest BCUT2D eigenvalue weighted by molar-refractivity contribution is -0.138. The van der Waals surface area contributed by atoms with Gasteiger partial charge in [0.15, 0.2) is 0 Å². The molecule has 0 radical (unpaired) electrons. The molecule has 1 aliphatic heterocycles. The van der Waals surface area contributed by atoms with Crippen LogP contribution in [0.3, 0.4) is 0 Å². The van der Waals surface area contributed by atoms with E-state index in [9.17, 15) is 22.8 Å². The number of hydrogen-bond donors (Lipinski definition) is 1. The van der Waals surface area contributed by atoms with E-state index in [1.165, 1.54) is 23.1 Å². The van der Waals surface area contributed by atoms with Crippen molar-refractivity contribution >= 4 is 11.8 Å². The van der Waals surface area contributed by atoms with Crippen LogP contribution in [0.2, 0.25) is 0 Å². The molecule has 1 heterocycles. The van der Waals surface area contributed by atoms with Crippen LogP contribution in [0.5, 0.6) is 0 Å². The number of benzene rings is 1. The maximum absolute atomic E-state index is 13.2. The monoisotopic (exact) mass is 387 g/mol. The Kier molecular flexibility index (Phi) is 7.61. The summed E-state index contributed by atoms with van der Waals surface area (Å²) < 4.78 is 44.3. The number of hydrogen-bond acceptors (Lipinski definition) is 4. The zero-order valence-electron chi connectivity index (χ0n) is 15.2. The van der Waals surface area contributed by atoms with E-state index in [-0.39, 0.29) is 24.6 Å². The van der Waals surface area contributed by atoms with Crippen LogP contribution in [0.25, 0.3) is 0 Å². The number of carbonyl (C=O) groups excluding carboxylic acids is 2. The molecular weight excluding hydrogens is 363 g/mol. The zero-order chi connectivity index (χ0) is 19.9. The first-order valence-corrected chi connectivity index (χ1v) is 8.76. The van der Waals surface area contributed by atoms with Gasteiger partial charge in [-0.1, -0.05) is 12.1 Å². The highest BCUT2D eigenvalue weighted by atomic mass is 19.4. The van der Waals surface area contributed by atoms with E-state index in [2.05, 4.69) is 5.32 Å². The number of rotatable bonds is 6. The summed E-state index contributed by atoms with van der Waals surface area (Å²) in [4.78, 5) is 27.8. The summed E-state index contributed by atoms with van der Waals surface area (Å²) >= 11 is 0. The minimum absolute atomic E-state index is 0.144. The molecule has 0 saturated carbocycles. The van der Waals surface area contributed by atoms with Crippen LogP contribution in [0, 0.1) is 0 Å². The van der Waals surface area contributed by atoms with Crippen molar-refractivity contribution in [3.8, 4) is 0 Å². The van der Waals surface area contributed by atoms with Crippen molar-refractivity contribution in [2.45, 2.75) is 12.6 Å². The van der Waals surface area contributed by atoms with E-state index in [0.717, 1.165) is 6.07 Å². The summed E-state index contributed by atoms with van der Waals surface area (Å²) in [6.07, 6.45) is -3.99. The fourth-order valence-corrected chi connectivity index (χ4v) is 2.97. The molecule has 0 bridgehead atoms. The van der Waals surface area contributed by atoms with Crippen molar-refractivity contribution in [2.24, 2.45) is 0 Å². The topological polar surface area (TPSA) is 61.9 Å². The van der Waals surface area contributed by atoms with Gasteiger partial charge in [-0.3, -0.25) is 14.5 Å². The van der Waals surface area contributed by atoms with Crippen molar-refractivity contribution in [2.75, 3.05) is 53.0 Å². The molecule has 0 aromatic heterocycles. The van der Waals surface area contributed by atoms with Crippen molar-refractivity contribution < 1.29 is 27.5 Å². The van der Waals surface area contributed by atoms with E-state index in [0.29, 0.717) is 39.2 Å². The molecule has 1 saturated heterocycles. The Labute approximate surface area is 156 Å². The Morgan fingerprint density at radius 1 is 1.15 bits per heavy atom. The Hall–Kier alpha value is -2.13. The first-order valence-electron chi connectivity index (χ1n) is 8.76. The summed E-state index contributed by atoms with van der Waals surface area (Å²) in [7, 11) is 1.55. The Morgan fingerprint density at radius 2 is 1.89 bits per heavy atom. The summed E-state index contributed by atoms with van der Waals surface area (Å²) in [6, 6.07) is 4.82. The Morgan fingerprint density at radius 3 is 2.59 bits per heavy atom. The first kappa shape index (κ1) is 21.2. The van der Waals surface area contributed by atoms with Gasteiger partial charge in [-0.25, -0.2) is 0 Å². The second-order valence-corrected chi connectivity index (χ2v) is 6.31. The zero-order valence-corrected chi connectivity index (χ0v) is 15.2. The highest BCUT2D eigenvalue weighted by Gasteiger charge is 2.36. The highest BCUT2D eigenvalue weighted by Crippen LogP contribution is 2.32. The number of methoxy groups -OCH3 is 1. The number of nitrogens with zero attached hydrogens (tertiary/aromatic N) is 2. The summed E-state index contributed by atoms with van der Waals surface area (Å²) in [5.41, 5.74) is -1.26. The molecule has 27 heavy (non-hydrogen) atoms. The third-order valence-corrected chi connectivity index (χ3v) is 4.33. The van der Waals surface area contributed by atoms with Gasteiger partial charge in [0.2, 0.25) is 5.91 Å². The molecule has 6 nitrogen and oxygen atoms in total. The number of nitrogens with one attached hydrogen (secondary N) is 1.